The molecular formula is C28H31F2N7O2. The van der Waals surface area contributed by atoms with Gasteiger partial charge in [-0.15, -0.1) is 0 Å². The topological polar surface area (TPSA) is 89.2 Å². The van der Waals surface area contributed by atoms with Gasteiger partial charge in [-0.2, -0.15) is 19.0 Å². The van der Waals surface area contributed by atoms with E-state index in [0.29, 0.717) is 25.5 Å². The number of para-hydroxylation sites is 1. The van der Waals surface area contributed by atoms with Crippen molar-refractivity contribution in [2.45, 2.75) is 25.5 Å². The van der Waals surface area contributed by atoms with Crippen molar-refractivity contribution in [3.63, 3.8) is 0 Å². The standard InChI is InChI=1S/C28H31F2N7O2/c1-19-25(21-15-31-35(2)16-21)34-37(22-11-7-4-8-12-22)26(19)33-28(38)32-24-18-36(13-14-39-27(29)30)17-23(24)20-9-5-3-6-10-20/h3-12,15-16,23-24,27H,13-14,17-18H2,1-2H3,(H2,32,33,38)/t23-,24+/m0/s1. The fraction of sp³-hybridized carbons (Fsp3) is 0.321. The zero-order chi connectivity index (χ0) is 27.4. The number of aromatic nitrogens is 4. The third kappa shape index (κ3) is 6.15. The molecule has 2 N–H and O–H groups in total. The normalized spacial score (nSPS) is 17.6. The maximum Gasteiger partial charge on any atom is 0.345 e. The lowest BCUT2D eigenvalue weighted by atomic mass is 9.94. The Kier molecular flexibility index (Phi) is 7.99. The molecule has 0 bridgehead atoms. The van der Waals surface area contributed by atoms with E-state index < -0.39 is 6.61 Å². The molecule has 1 aliphatic rings. The fourth-order valence-corrected chi connectivity index (χ4v) is 5.05. The van der Waals surface area contributed by atoms with Crippen LogP contribution in [0.15, 0.2) is 73.1 Å². The van der Waals surface area contributed by atoms with E-state index in [4.69, 9.17) is 5.10 Å². The third-order valence-corrected chi connectivity index (χ3v) is 6.92. The molecule has 2 amide bonds. The molecule has 39 heavy (non-hydrogen) atoms. The minimum absolute atomic E-state index is 0.00501. The molecule has 204 valence electrons. The number of benzene rings is 2. The first-order valence-electron chi connectivity index (χ1n) is 12.8. The average Bonchev–Trinajstić information content (AvgIpc) is 3.62. The van der Waals surface area contributed by atoms with Crippen LogP contribution >= 0.6 is 0 Å². The highest BCUT2D eigenvalue weighted by atomic mass is 19.3. The molecule has 2 aromatic carbocycles. The highest BCUT2D eigenvalue weighted by Gasteiger charge is 2.35. The predicted molar refractivity (Wildman–Crippen MR) is 144 cm³/mol. The first-order valence-corrected chi connectivity index (χ1v) is 12.8. The number of carbonyl (C=O) groups excluding carboxylic acids is 1. The van der Waals surface area contributed by atoms with Gasteiger partial charge >= 0.3 is 12.6 Å². The van der Waals surface area contributed by atoms with Gasteiger partial charge in [-0.05, 0) is 24.6 Å². The molecule has 1 fully saturated rings. The number of nitrogens with one attached hydrogen (secondary N) is 2. The van der Waals surface area contributed by atoms with Crippen LogP contribution in [0, 0.1) is 6.92 Å². The van der Waals surface area contributed by atoms with Crippen LogP contribution < -0.4 is 10.6 Å². The Hall–Kier alpha value is -4.09. The maximum atomic E-state index is 13.4. The van der Waals surface area contributed by atoms with Crippen molar-refractivity contribution in [1.82, 2.24) is 29.8 Å². The van der Waals surface area contributed by atoms with E-state index in [1.54, 1.807) is 15.6 Å². The Labute approximate surface area is 225 Å². The van der Waals surface area contributed by atoms with Crippen molar-refractivity contribution >= 4 is 11.8 Å². The largest absolute Gasteiger partial charge is 0.345 e. The van der Waals surface area contributed by atoms with E-state index in [-0.39, 0.29) is 24.6 Å². The lowest BCUT2D eigenvalue weighted by Gasteiger charge is -2.21. The summed E-state index contributed by atoms with van der Waals surface area (Å²) in [5.41, 5.74) is 4.24. The second-order valence-electron chi connectivity index (χ2n) is 9.59. The van der Waals surface area contributed by atoms with Crippen molar-refractivity contribution < 1.29 is 18.3 Å². The molecule has 5 rings (SSSR count). The number of likely N-dealkylation sites (tertiary alicyclic amines) is 1. The maximum absolute atomic E-state index is 13.4. The number of halogens is 2. The smallest absolute Gasteiger partial charge is 0.333 e. The van der Waals surface area contributed by atoms with Gasteiger partial charge in [0.15, 0.2) is 0 Å². The number of alkyl halides is 2. The minimum atomic E-state index is -2.80. The lowest BCUT2D eigenvalue weighted by molar-refractivity contribution is -0.131. The van der Waals surface area contributed by atoms with Gasteiger partial charge in [-0.1, -0.05) is 48.5 Å². The number of anilines is 1. The molecule has 2 aromatic heterocycles. The first-order chi connectivity index (χ1) is 18.9. The number of hydrogen-bond acceptors (Lipinski definition) is 5. The van der Waals surface area contributed by atoms with Gasteiger partial charge in [0.1, 0.15) is 11.5 Å². The number of rotatable bonds is 9. The van der Waals surface area contributed by atoms with E-state index in [2.05, 4.69) is 20.5 Å². The molecule has 1 aliphatic heterocycles. The number of ether oxygens (including phenoxy) is 1. The van der Waals surface area contributed by atoms with Crippen LogP contribution in [0.4, 0.5) is 19.4 Å². The molecule has 0 radical (unpaired) electrons. The first kappa shape index (κ1) is 26.5. The van der Waals surface area contributed by atoms with Crippen LogP contribution in [0.3, 0.4) is 0 Å². The molecule has 2 atom stereocenters. The van der Waals surface area contributed by atoms with E-state index in [0.717, 1.165) is 28.1 Å². The van der Waals surface area contributed by atoms with E-state index >= 15 is 0 Å². The summed E-state index contributed by atoms with van der Waals surface area (Å²) in [6, 6.07) is 18.9. The quantitative estimate of drug-likeness (QED) is 0.332. The van der Waals surface area contributed by atoms with Crippen molar-refractivity contribution in [1.29, 1.82) is 0 Å². The summed E-state index contributed by atoms with van der Waals surface area (Å²) in [5.74, 6) is 0.545. The molecule has 0 aliphatic carbocycles. The second-order valence-corrected chi connectivity index (χ2v) is 9.59. The van der Waals surface area contributed by atoms with Crippen LogP contribution in [0.2, 0.25) is 0 Å². The van der Waals surface area contributed by atoms with Crippen LogP contribution in [0.25, 0.3) is 16.9 Å². The Bertz CT molecular complexity index is 1390. The Morgan fingerprint density at radius 3 is 2.49 bits per heavy atom. The van der Waals surface area contributed by atoms with Gasteiger partial charge in [-0.25, -0.2) is 9.48 Å². The number of carbonyl (C=O) groups is 1. The predicted octanol–water partition coefficient (Wildman–Crippen LogP) is 4.41. The number of nitrogens with zero attached hydrogens (tertiary/aromatic N) is 5. The summed E-state index contributed by atoms with van der Waals surface area (Å²) in [6.45, 7) is 0.515. The molecular weight excluding hydrogens is 504 g/mol. The van der Waals surface area contributed by atoms with Gasteiger partial charge in [0.25, 0.3) is 0 Å². The summed E-state index contributed by atoms with van der Waals surface area (Å²) in [5, 5.41) is 15.2. The molecule has 0 spiro atoms. The Balaban J connectivity index is 1.38. The van der Waals surface area contributed by atoms with Gasteiger partial charge in [0.2, 0.25) is 0 Å². The SMILES string of the molecule is Cc1c(-c2cnn(C)c2)nn(-c2ccccc2)c1NC(=O)N[C@@H]1CN(CCOC(F)F)C[C@H]1c1ccccc1. The van der Waals surface area contributed by atoms with Crippen LogP contribution in [-0.4, -0.2) is 69.4 Å². The number of aryl methyl sites for hydroxylation is 1. The zero-order valence-electron chi connectivity index (χ0n) is 21.8. The fourth-order valence-electron chi connectivity index (χ4n) is 5.05. The highest BCUT2D eigenvalue weighted by molar-refractivity contribution is 5.91. The van der Waals surface area contributed by atoms with Gasteiger partial charge in [-0.3, -0.25) is 14.9 Å². The molecule has 0 unspecified atom stereocenters. The molecule has 3 heterocycles. The van der Waals surface area contributed by atoms with Crippen LogP contribution in [0.1, 0.15) is 17.0 Å². The van der Waals surface area contributed by atoms with Crippen LogP contribution in [0.5, 0.6) is 0 Å². The highest BCUT2D eigenvalue weighted by Crippen LogP contribution is 2.31. The Morgan fingerprint density at radius 1 is 1.10 bits per heavy atom. The van der Waals surface area contributed by atoms with Crippen LogP contribution in [-0.2, 0) is 11.8 Å². The monoisotopic (exact) mass is 535 g/mol. The summed E-state index contributed by atoms with van der Waals surface area (Å²) < 4.78 is 32.9. The number of amides is 2. The van der Waals surface area contributed by atoms with E-state index in [1.165, 1.54) is 0 Å². The van der Waals surface area contributed by atoms with Gasteiger partial charge in [0, 0.05) is 49.9 Å². The second kappa shape index (κ2) is 11.7. The Morgan fingerprint density at radius 2 is 1.82 bits per heavy atom. The van der Waals surface area contributed by atoms with Crippen molar-refractivity contribution in [2.24, 2.45) is 7.05 Å². The number of hydrogen-bond donors (Lipinski definition) is 2. The summed E-state index contributed by atoms with van der Waals surface area (Å²) in [6.07, 6.45) is 3.62. The molecule has 11 heteroatoms. The van der Waals surface area contributed by atoms with E-state index in [1.807, 2.05) is 85.7 Å². The van der Waals surface area contributed by atoms with Crippen molar-refractivity contribution in [3.05, 3.63) is 84.2 Å². The molecule has 4 aromatic rings. The minimum Gasteiger partial charge on any atom is -0.333 e. The molecule has 1 saturated heterocycles. The summed E-state index contributed by atoms with van der Waals surface area (Å²) in [7, 11) is 1.84. The third-order valence-electron chi connectivity index (χ3n) is 6.92. The number of urea groups is 1. The molecule has 9 nitrogen and oxygen atoms in total. The van der Waals surface area contributed by atoms with Crippen molar-refractivity contribution in [2.75, 3.05) is 31.6 Å². The van der Waals surface area contributed by atoms with Gasteiger partial charge in [0.05, 0.1) is 24.5 Å². The summed E-state index contributed by atoms with van der Waals surface area (Å²) >= 11 is 0. The average molecular weight is 536 g/mol. The van der Waals surface area contributed by atoms with E-state index in [9.17, 15) is 13.6 Å². The van der Waals surface area contributed by atoms with Crippen molar-refractivity contribution in [3.8, 4) is 16.9 Å². The lowest BCUT2D eigenvalue weighted by Crippen LogP contribution is -2.42. The summed E-state index contributed by atoms with van der Waals surface area (Å²) in [4.78, 5) is 15.5. The van der Waals surface area contributed by atoms with Gasteiger partial charge < -0.3 is 10.1 Å². The molecule has 0 saturated carbocycles. The zero-order valence-corrected chi connectivity index (χ0v) is 21.8.